The molecule has 2 rings (SSSR count). The predicted octanol–water partition coefficient (Wildman–Crippen LogP) is 2.81. The van der Waals surface area contributed by atoms with Crippen LogP contribution in [0.3, 0.4) is 0 Å². The van der Waals surface area contributed by atoms with E-state index in [2.05, 4.69) is 18.7 Å². The lowest BCUT2D eigenvalue weighted by molar-refractivity contribution is -0.385. The minimum Gasteiger partial charge on any atom is -0.327 e. The molecule has 0 amide bonds. The van der Waals surface area contributed by atoms with Gasteiger partial charge >= 0.3 is 0 Å². The van der Waals surface area contributed by atoms with Gasteiger partial charge in [-0.2, -0.15) is 0 Å². The fourth-order valence-corrected chi connectivity index (χ4v) is 2.91. The summed E-state index contributed by atoms with van der Waals surface area (Å²) in [6.45, 7) is 6.49. The van der Waals surface area contributed by atoms with Crippen molar-refractivity contribution < 1.29 is 4.92 Å². The molecule has 1 fully saturated rings. The van der Waals surface area contributed by atoms with Crippen LogP contribution in [0.2, 0.25) is 5.02 Å². The highest BCUT2D eigenvalue weighted by Crippen LogP contribution is 2.30. The van der Waals surface area contributed by atoms with Crippen molar-refractivity contribution in [3.63, 3.8) is 0 Å². The Morgan fingerprint density at radius 1 is 1.55 bits per heavy atom. The third-order valence-corrected chi connectivity index (χ3v) is 4.26. The Bertz CT molecular complexity index is 519. The topological polar surface area (TPSA) is 72.4 Å². The maximum atomic E-state index is 11.1. The molecule has 5 nitrogen and oxygen atoms in total. The van der Waals surface area contributed by atoms with E-state index in [0.717, 1.165) is 19.5 Å². The Balaban J connectivity index is 2.18. The average Bonchev–Trinajstić information content (AvgIpc) is 2.33. The Morgan fingerprint density at radius 3 is 2.85 bits per heavy atom. The molecule has 1 saturated heterocycles. The molecule has 0 radical (unpaired) electrons. The van der Waals surface area contributed by atoms with E-state index in [1.807, 2.05) is 0 Å². The summed E-state index contributed by atoms with van der Waals surface area (Å²) < 4.78 is 0. The van der Waals surface area contributed by atoms with Crippen molar-refractivity contribution in [1.82, 2.24) is 4.90 Å². The monoisotopic (exact) mass is 297 g/mol. The molecule has 0 aliphatic carbocycles. The van der Waals surface area contributed by atoms with Gasteiger partial charge in [0.25, 0.3) is 5.69 Å². The molecule has 2 N–H and O–H groups in total. The molecule has 0 spiro atoms. The smallest absolute Gasteiger partial charge is 0.273 e. The van der Waals surface area contributed by atoms with Gasteiger partial charge in [0, 0.05) is 42.3 Å². The summed E-state index contributed by atoms with van der Waals surface area (Å²) >= 11 is 5.96. The van der Waals surface area contributed by atoms with Gasteiger partial charge < -0.3 is 5.73 Å². The van der Waals surface area contributed by atoms with Gasteiger partial charge in [0.1, 0.15) is 0 Å². The molecular formula is C14H20ClN3O2. The van der Waals surface area contributed by atoms with Crippen LogP contribution in [0.5, 0.6) is 0 Å². The fourth-order valence-electron chi connectivity index (χ4n) is 2.72. The van der Waals surface area contributed by atoms with Crippen LogP contribution in [0.25, 0.3) is 0 Å². The van der Waals surface area contributed by atoms with E-state index in [1.165, 1.54) is 6.07 Å². The number of piperidine rings is 1. The van der Waals surface area contributed by atoms with Gasteiger partial charge in [-0.05, 0) is 24.0 Å². The number of likely N-dealkylation sites (tertiary alicyclic amines) is 1. The number of halogens is 1. The summed E-state index contributed by atoms with van der Waals surface area (Å²) in [6.07, 6.45) is 0.904. The molecule has 20 heavy (non-hydrogen) atoms. The van der Waals surface area contributed by atoms with E-state index in [0.29, 0.717) is 17.1 Å². The summed E-state index contributed by atoms with van der Waals surface area (Å²) in [5.74, 6) is 0. The van der Waals surface area contributed by atoms with E-state index in [1.54, 1.807) is 12.1 Å². The first kappa shape index (κ1) is 15.2. The maximum absolute atomic E-state index is 11.1. The largest absolute Gasteiger partial charge is 0.327 e. The van der Waals surface area contributed by atoms with Crippen LogP contribution >= 0.6 is 11.6 Å². The standard InChI is InChI=1S/C14H20ClN3O2/c1-14(2)9-17(6-5-13(14)16)8-10-7-11(15)3-4-12(10)18(19)20/h3-4,7,13H,5-6,8-9,16H2,1-2H3. The second-order valence-electron chi connectivity index (χ2n) is 6.12. The molecule has 1 aliphatic rings. The summed E-state index contributed by atoms with van der Waals surface area (Å²) in [4.78, 5) is 12.9. The summed E-state index contributed by atoms with van der Waals surface area (Å²) in [7, 11) is 0. The lowest BCUT2D eigenvalue weighted by Gasteiger charge is -2.42. The first-order chi connectivity index (χ1) is 9.29. The fraction of sp³-hybridized carbons (Fsp3) is 0.571. The van der Waals surface area contributed by atoms with E-state index in [4.69, 9.17) is 17.3 Å². The molecule has 1 heterocycles. The third-order valence-electron chi connectivity index (χ3n) is 4.02. The second-order valence-corrected chi connectivity index (χ2v) is 6.56. The Morgan fingerprint density at radius 2 is 2.25 bits per heavy atom. The molecule has 1 atom stereocenters. The van der Waals surface area contributed by atoms with Crippen LogP contribution in [0.4, 0.5) is 5.69 Å². The number of nitro groups is 1. The van der Waals surface area contributed by atoms with Crippen molar-refractivity contribution in [3.8, 4) is 0 Å². The SMILES string of the molecule is CC1(C)CN(Cc2cc(Cl)ccc2[N+](=O)[O-])CCC1N. The van der Waals surface area contributed by atoms with E-state index < -0.39 is 0 Å². The first-order valence-electron chi connectivity index (χ1n) is 6.70. The van der Waals surface area contributed by atoms with E-state index >= 15 is 0 Å². The Hall–Kier alpha value is -1.17. The van der Waals surface area contributed by atoms with E-state index in [9.17, 15) is 10.1 Å². The lowest BCUT2D eigenvalue weighted by Crippen LogP contribution is -2.52. The normalized spacial score (nSPS) is 22.7. The molecule has 110 valence electrons. The van der Waals surface area contributed by atoms with Crippen molar-refractivity contribution in [3.05, 3.63) is 38.9 Å². The summed E-state index contributed by atoms with van der Waals surface area (Å²) in [6, 6.07) is 4.88. The molecule has 1 aliphatic heterocycles. The highest BCUT2D eigenvalue weighted by Gasteiger charge is 2.33. The van der Waals surface area contributed by atoms with Crippen LogP contribution < -0.4 is 5.73 Å². The molecule has 0 saturated carbocycles. The quantitative estimate of drug-likeness (QED) is 0.688. The summed E-state index contributed by atoms with van der Waals surface area (Å²) in [5.41, 5.74) is 6.92. The molecule has 0 aromatic heterocycles. The Labute approximate surface area is 123 Å². The van der Waals surface area contributed by atoms with Crippen LogP contribution in [0.1, 0.15) is 25.8 Å². The van der Waals surface area contributed by atoms with Gasteiger partial charge in [0.15, 0.2) is 0 Å². The predicted molar refractivity (Wildman–Crippen MR) is 79.8 cm³/mol. The van der Waals surface area contributed by atoms with Gasteiger partial charge in [-0.15, -0.1) is 0 Å². The van der Waals surface area contributed by atoms with Crippen molar-refractivity contribution in [2.45, 2.75) is 32.9 Å². The number of nitrogens with two attached hydrogens (primary N) is 1. The maximum Gasteiger partial charge on any atom is 0.273 e. The molecule has 6 heteroatoms. The van der Waals surface area contributed by atoms with Gasteiger partial charge in [-0.3, -0.25) is 15.0 Å². The number of rotatable bonds is 3. The zero-order chi connectivity index (χ0) is 14.9. The minimum absolute atomic E-state index is 0.0194. The van der Waals surface area contributed by atoms with Crippen molar-refractivity contribution in [1.29, 1.82) is 0 Å². The van der Waals surface area contributed by atoms with Gasteiger partial charge in [-0.25, -0.2) is 0 Å². The van der Waals surface area contributed by atoms with Crippen LogP contribution in [0, 0.1) is 15.5 Å². The number of benzene rings is 1. The summed E-state index contributed by atoms with van der Waals surface area (Å²) in [5, 5.41) is 11.6. The number of hydrogen-bond acceptors (Lipinski definition) is 4. The van der Waals surface area contributed by atoms with Crippen LogP contribution in [-0.4, -0.2) is 29.0 Å². The van der Waals surface area contributed by atoms with Gasteiger partial charge in [0.2, 0.25) is 0 Å². The second kappa shape index (κ2) is 5.68. The van der Waals surface area contributed by atoms with E-state index in [-0.39, 0.29) is 22.1 Å². The van der Waals surface area contributed by atoms with Crippen molar-refractivity contribution in [2.75, 3.05) is 13.1 Å². The first-order valence-corrected chi connectivity index (χ1v) is 7.08. The van der Waals surface area contributed by atoms with Crippen molar-refractivity contribution >= 4 is 17.3 Å². The number of nitro benzene ring substituents is 1. The molecule has 1 unspecified atom stereocenters. The van der Waals surface area contributed by atoms with Crippen LogP contribution in [0.15, 0.2) is 18.2 Å². The van der Waals surface area contributed by atoms with Gasteiger partial charge in [-0.1, -0.05) is 25.4 Å². The molecular weight excluding hydrogens is 278 g/mol. The Kier molecular flexibility index (Phi) is 4.32. The molecule has 1 aromatic carbocycles. The number of hydrogen-bond donors (Lipinski definition) is 1. The lowest BCUT2D eigenvalue weighted by atomic mass is 9.79. The molecule has 1 aromatic rings. The zero-order valence-corrected chi connectivity index (χ0v) is 12.6. The van der Waals surface area contributed by atoms with Crippen molar-refractivity contribution in [2.24, 2.45) is 11.1 Å². The number of nitrogens with zero attached hydrogens (tertiary/aromatic N) is 2. The zero-order valence-electron chi connectivity index (χ0n) is 11.8. The highest BCUT2D eigenvalue weighted by molar-refractivity contribution is 6.30. The van der Waals surface area contributed by atoms with Gasteiger partial charge in [0.05, 0.1) is 4.92 Å². The highest BCUT2D eigenvalue weighted by atomic mass is 35.5. The molecule has 0 bridgehead atoms. The van der Waals surface area contributed by atoms with Crippen LogP contribution in [-0.2, 0) is 6.54 Å². The average molecular weight is 298 g/mol. The minimum atomic E-state index is -0.355. The third kappa shape index (κ3) is 3.29.